The van der Waals surface area contributed by atoms with Crippen LogP contribution in [0.4, 0.5) is 23.2 Å². The van der Waals surface area contributed by atoms with Crippen LogP contribution in [0.2, 0.25) is 5.02 Å². The second-order valence-electron chi connectivity index (χ2n) is 8.66. The van der Waals surface area contributed by atoms with Gasteiger partial charge in [-0.3, -0.25) is 4.79 Å². The maximum absolute atomic E-state index is 14.4. The average molecular weight is 483 g/mol. The van der Waals surface area contributed by atoms with E-state index in [0.717, 1.165) is 23.3 Å². The summed E-state index contributed by atoms with van der Waals surface area (Å²) in [6, 6.07) is 4.54. The molecule has 3 aromatic rings. The molecule has 1 heterocycles. The standard InChI is InChI=1S/C24H23ClF4N2O2/c1-4-13-10-23(33,24(27,28)29)22(16-9-17(25)11(2)12(3)21(13)16)31-19-8-14(26)7-18-15(19)5-6-20(32)30-18/h5-9,13,22,31,33H,4,10H2,1-3H3,(H,30,32)/t13-,22+,23-/m1/s1. The number of benzene rings is 2. The number of rotatable bonds is 3. The highest BCUT2D eigenvalue weighted by Crippen LogP contribution is 2.55. The summed E-state index contributed by atoms with van der Waals surface area (Å²) in [5.41, 5.74) is -0.995. The highest BCUT2D eigenvalue weighted by atomic mass is 35.5. The van der Waals surface area contributed by atoms with Crippen LogP contribution in [0.3, 0.4) is 0 Å². The number of fused-ring (bicyclic) bond motifs is 2. The highest BCUT2D eigenvalue weighted by molar-refractivity contribution is 6.31. The van der Waals surface area contributed by atoms with Gasteiger partial charge in [-0.1, -0.05) is 18.5 Å². The summed E-state index contributed by atoms with van der Waals surface area (Å²) >= 11 is 6.36. The summed E-state index contributed by atoms with van der Waals surface area (Å²) in [6.45, 7) is 5.38. The molecule has 33 heavy (non-hydrogen) atoms. The molecule has 1 aliphatic rings. The molecule has 0 saturated carbocycles. The van der Waals surface area contributed by atoms with Crippen LogP contribution < -0.4 is 10.9 Å². The maximum atomic E-state index is 14.4. The minimum atomic E-state index is -4.97. The molecule has 176 valence electrons. The molecular weight excluding hydrogens is 460 g/mol. The van der Waals surface area contributed by atoms with Gasteiger partial charge in [0.15, 0.2) is 5.60 Å². The monoisotopic (exact) mass is 482 g/mol. The van der Waals surface area contributed by atoms with Crippen molar-refractivity contribution in [3.8, 4) is 0 Å². The predicted octanol–water partition coefficient (Wildman–Crippen LogP) is 6.28. The summed E-state index contributed by atoms with van der Waals surface area (Å²) in [6.07, 6.45) is -5.13. The van der Waals surface area contributed by atoms with Gasteiger partial charge >= 0.3 is 6.18 Å². The number of anilines is 1. The number of nitrogens with one attached hydrogen (secondary N) is 2. The lowest BCUT2D eigenvalue weighted by atomic mass is 9.68. The Kier molecular flexibility index (Phi) is 5.73. The Labute approximate surface area is 192 Å². The lowest BCUT2D eigenvalue weighted by molar-refractivity contribution is -0.272. The van der Waals surface area contributed by atoms with Gasteiger partial charge in [-0.25, -0.2) is 4.39 Å². The fraction of sp³-hybridized carbons (Fsp3) is 0.375. The predicted molar refractivity (Wildman–Crippen MR) is 120 cm³/mol. The van der Waals surface area contributed by atoms with E-state index in [0.29, 0.717) is 17.4 Å². The van der Waals surface area contributed by atoms with Crippen molar-refractivity contribution in [1.29, 1.82) is 0 Å². The number of alkyl halides is 3. The number of aromatic nitrogens is 1. The number of aliphatic hydroxyl groups is 1. The van der Waals surface area contributed by atoms with Crippen molar-refractivity contribution in [2.45, 2.75) is 57.3 Å². The molecule has 1 aromatic heterocycles. The average Bonchev–Trinajstić information content (AvgIpc) is 2.72. The van der Waals surface area contributed by atoms with E-state index < -0.39 is 41.5 Å². The van der Waals surface area contributed by atoms with Gasteiger partial charge in [0.25, 0.3) is 0 Å². The molecule has 0 spiro atoms. The van der Waals surface area contributed by atoms with Crippen molar-refractivity contribution in [2.75, 3.05) is 5.32 Å². The van der Waals surface area contributed by atoms with Crippen LogP contribution in [-0.4, -0.2) is 21.9 Å². The third-order valence-corrected chi connectivity index (χ3v) is 7.15. The van der Waals surface area contributed by atoms with E-state index in [2.05, 4.69) is 10.3 Å². The molecule has 0 aliphatic heterocycles. The number of halogens is 5. The van der Waals surface area contributed by atoms with Crippen LogP contribution in [0, 0.1) is 19.7 Å². The Morgan fingerprint density at radius 2 is 1.91 bits per heavy atom. The zero-order chi connectivity index (χ0) is 24.3. The first kappa shape index (κ1) is 23.6. The van der Waals surface area contributed by atoms with Gasteiger partial charge in [-0.2, -0.15) is 13.2 Å². The Morgan fingerprint density at radius 3 is 2.55 bits per heavy atom. The lowest BCUT2D eigenvalue weighted by Gasteiger charge is -2.46. The molecule has 4 nitrogen and oxygen atoms in total. The largest absolute Gasteiger partial charge is 0.419 e. The lowest BCUT2D eigenvalue weighted by Crippen LogP contribution is -2.55. The van der Waals surface area contributed by atoms with Crippen LogP contribution >= 0.6 is 11.6 Å². The Morgan fingerprint density at radius 1 is 1.21 bits per heavy atom. The molecule has 3 N–H and O–H groups in total. The van der Waals surface area contributed by atoms with E-state index in [9.17, 15) is 27.5 Å². The molecule has 3 atom stereocenters. The SMILES string of the molecule is CC[C@@H]1C[C@](O)(C(F)(F)F)[C@@H](Nc2cc(F)cc3[nH]c(=O)ccc23)c2cc(Cl)c(C)c(C)c21. The van der Waals surface area contributed by atoms with E-state index in [-0.39, 0.29) is 21.8 Å². The Balaban J connectivity index is 1.99. The second kappa shape index (κ2) is 8.02. The third-order valence-electron chi connectivity index (χ3n) is 6.76. The first-order valence-corrected chi connectivity index (χ1v) is 10.9. The Bertz CT molecular complexity index is 1300. The minimum absolute atomic E-state index is 0.0178. The minimum Gasteiger partial charge on any atom is -0.379 e. The molecular formula is C24H23ClF4N2O2. The first-order valence-electron chi connectivity index (χ1n) is 10.5. The van der Waals surface area contributed by atoms with Crippen molar-refractivity contribution in [3.63, 3.8) is 0 Å². The number of pyridine rings is 1. The number of H-pyrrole nitrogens is 1. The van der Waals surface area contributed by atoms with Crippen LogP contribution in [0.15, 0.2) is 35.1 Å². The molecule has 0 saturated heterocycles. The molecule has 0 amide bonds. The second-order valence-corrected chi connectivity index (χ2v) is 9.06. The van der Waals surface area contributed by atoms with Crippen molar-refractivity contribution in [3.05, 3.63) is 73.8 Å². The fourth-order valence-electron chi connectivity index (χ4n) is 4.89. The zero-order valence-corrected chi connectivity index (χ0v) is 19.0. The topological polar surface area (TPSA) is 65.1 Å². The molecule has 9 heteroatoms. The zero-order valence-electron chi connectivity index (χ0n) is 18.2. The summed E-state index contributed by atoms with van der Waals surface area (Å²) in [7, 11) is 0. The van der Waals surface area contributed by atoms with Crippen LogP contribution in [0.5, 0.6) is 0 Å². The van der Waals surface area contributed by atoms with Crippen LogP contribution in [-0.2, 0) is 0 Å². The number of hydrogen-bond donors (Lipinski definition) is 3. The summed E-state index contributed by atoms with van der Waals surface area (Å²) < 4.78 is 57.4. The molecule has 0 bridgehead atoms. The molecule has 0 fully saturated rings. The van der Waals surface area contributed by atoms with Gasteiger partial charge < -0.3 is 15.4 Å². The summed E-state index contributed by atoms with van der Waals surface area (Å²) in [4.78, 5) is 14.1. The van der Waals surface area contributed by atoms with Gasteiger partial charge in [-0.15, -0.1) is 0 Å². The van der Waals surface area contributed by atoms with E-state index in [1.165, 1.54) is 18.2 Å². The van der Waals surface area contributed by atoms with E-state index in [1.54, 1.807) is 20.8 Å². The van der Waals surface area contributed by atoms with Crippen LogP contribution in [0.25, 0.3) is 10.9 Å². The van der Waals surface area contributed by atoms with Gasteiger partial charge in [-0.05, 0) is 79.1 Å². The first-order chi connectivity index (χ1) is 15.4. The van der Waals surface area contributed by atoms with Gasteiger partial charge in [0.1, 0.15) is 5.82 Å². The number of aromatic amines is 1. The third kappa shape index (κ3) is 3.79. The molecule has 4 rings (SSSR count). The Hall–Kier alpha value is -2.58. The van der Waals surface area contributed by atoms with E-state index >= 15 is 0 Å². The van der Waals surface area contributed by atoms with Crippen molar-refractivity contribution in [2.24, 2.45) is 0 Å². The normalized spacial score (nSPS) is 22.9. The van der Waals surface area contributed by atoms with Gasteiger partial charge in [0.05, 0.1) is 11.6 Å². The van der Waals surface area contributed by atoms with Crippen LogP contribution in [0.1, 0.15) is 54.0 Å². The highest BCUT2D eigenvalue weighted by Gasteiger charge is 2.62. The quantitative estimate of drug-likeness (QED) is 0.385. The molecule has 1 aliphatic carbocycles. The maximum Gasteiger partial charge on any atom is 0.419 e. The van der Waals surface area contributed by atoms with E-state index in [4.69, 9.17) is 11.6 Å². The van der Waals surface area contributed by atoms with Gasteiger partial charge in [0.2, 0.25) is 5.56 Å². The number of hydrogen-bond acceptors (Lipinski definition) is 3. The summed E-state index contributed by atoms with van der Waals surface area (Å²) in [5.74, 6) is -1.29. The van der Waals surface area contributed by atoms with Crippen molar-refractivity contribution >= 4 is 28.2 Å². The van der Waals surface area contributed by atoms with Gasteiger partial charge in [0, 0.05) is 22.2 Å². The fourth-order valence-corrected chi connectivity index (χ4v) is 5.15. The smallest absolute Gasteiger partial charge is 0.379 e. The van der Waals surface area contributed by atoms with Crippen molar-refractivity contribution in [1.82, 2.24) is 4.98 Å². The molecule has 0 radical (unpaired) electrons. The van der Waals surface area contributed by atoms with E-state index in [1.807, 2.05) is 0 Å². The summed E-state index contributed by atoms with van der Waals surface area (Å²) in [5, 5.41) is 14.5. The van der Waals surface area contributed by atoms with Crippen molar-refractivity contribution < 1.29 is 22.7 Å². The molecule has 0 unspecified atom stereocenters. The molecule has 2 aromatic carbocycles.